The predicted molar refractivity (Wildman–Crippen MR) is 92.8 cm³/mol. The largest absolute Gasteiger partial charge is 0.497 e. The Hall–Kier alpha value is -1.74. The van der Waals surface area contributed by atoms with E-state index in [4.69, 9.17) is 4.74 Å². The predicted octanol–water partition coefficient (Wildman–Crippen LogP) is 5.22. The van der Waals surface area contributed by atoms with Crippen molar-refractivity contribution in [3.05, 3.63) is 59.7 Å². The number of hydrogen-bond donors (Lipinski definition) is 0. The number of carbonyl (C=O) groups excluding carboxylic acids is 1. The zero-order valence-electron chi connectivity index (χ0n) is 13.3. The molecule has 0 aliphatic rings. The van der Waals surface area contributed by atoms with Gasteiger partial charge in [0, 0.05) is 22.6 Å². The molecule has 116 valence electrons. The third-order valence-corrected chi connectivity index (χ3v) is 4.39. The van der Waals surface area contributed by atoms with Crippen molar-refractivity contribution in [1.82, 2.24) is 0 Å². The van der Waals surface area contributed by atoms with Gasteiger partial charge in [-0.05, 0) is 35.7 Å². The molecule has 0 spiro atoms. The Labute approximate surface area is 136 Å². The smallest absolute Gasteiger partial charge is 0.163 e. The molecule has 3 heteroatoms. The molecule has 2 aromatic carbocycles. The van der Waals surface area contributed by atoms with Crippen LogP contribution in [0.2, 0.25) is 0 Å². The minimum Gasteiger partial charge on any atom is -0.497 e. The molecule has 0 saturated carbocycles. The summed E-state index contributed by atoms with van der Waals surface area (Å²) >= 11 is 1.76. The summed E-state index contributed by atoms with van der Waals surface area (Å²) in [5.41, 5.74) is 2.03. The van der Waals surface area contributed by atoms with E-state index in [9.17, 15) is 4.79 Å². The Morgan fingerprint density at radius 2 is 1.86 bits per heavy atom. The summed E-state index contributed by atoms with van der Waals surface area (Å²) in [6, 6.07) is 16.0. The molecule has 0 aromatic heterocycles. The van der Waals surface area contributed by atoms with Crippen molar-refractivity contribution in [3.8, 4) is 5.75 Å². The summed E-state index contributed by atoms with van der Waals surface area (Å²) < 4.78 is 5.23. The van der Waals surface area contributed by atoms with Gasteiger partial charge in [0.15, 0.2) is 5.78 Å². The highest BCUT2D eigenvalue weighted by Gasteiger charge is 2.08. The van der Waals surface area contributed by atoms with Gasteiger partial charge in [-0.3, -0.25) is 4.79 Å². The average Bonchev–Trinajstić information content (AvgIpc) is 2.53. The number of Topliss-reactive ketones (excluding diaryl/α,β-unsaturated/α-hetero) is 1. The minimum absolute atomic E-state index is 0.222. The Bertz CT molecular complexity index is 618. The standard InChI is InChI=1S/C19H22O2S/c1-14(2)11-19(20)16-7-9-18(10-8-16)22-13-15-5-4-6-17(12-15)21-3/h4-10,12,14H,11,13H2,1-3H3. The third kappa shape index (κ3) is 4.92. The molecule has 0 aliphatic carbocycles. The molecule has 0 radical (unpaired) electrons. The number of carbonyl (C=O) groups is 1. The lowest BCUT2D eigenvalue weighted by molar-refractivity contribution is 0.0968. The molecule has 22 heavy (non-hydrogen) atoms. The summed E-state index contributed by atoms with van der Waals surface area (Å²) in [6.45, 7) is 4.13. The second-order valence-corrected chi connectivity index (χ2v) is 6.73. The van der Waals surface area contributed by atoms with E-state index < -0.39 is 0 Å². The van der Waals surface area contributed by atoms with Crippen molar-refractivity contribution in [2.24, 2.45) is 5.92 Å². The van der Waals surface area contributed by atoms with Crippen LogP contribution in [0.3, 0.4) is 0 Å². The summed E-state index contributed by atoms with van der Waals surface area (Å²) in [4.78, 5) is 13.2. The summed E-state index contributed by atoms with van der Waals surface area (Å²) in [5.74, 6) is 2.39. The van der Waals surface area contributed by atoms with Gasteiger partial charge in [0.25, 0.3) is 0 Å². The Kier molecular flexibility index (Phi) is 6.08. The maximum Gasteiger partial charge on any atom is 0.163 e. The molecule has 0 aliphatic heterocycles. The summed E-state index contributed by atoms with van der Waals surface area (Å²) in [7, 11) is 1.68. The number of ether oxygens (including phenoxy) is 1. The van der Waals surface area contributed by atoms with Crippen molar-refractivity contribution in [1.29, 1.82) is 0 Å². The molecular weight excluding hydrogens is 292 g/mol. The summed E-state index contributed by atoms with van der Waals surface area (Å²) in [6.07, 6.45) is 0.607. The molecular formula is C19H22O2S. The van der Waals surface area contributed by atoms with Crippen LogP contribution in [0.1, 0.15) is 36.2 Å². The van der Waals surface area contributed by atoms with Crippen LogP contribution < -0.4 is 4.74 Å². The first kappa shape index (κ1) is 16.6. The molecule has 0 heterocycles. The van der Waals surface area contributed by atoms with Gasteiger partial charge >= 0.3 is 0 Å². The zero-order valence-corrected chi connectivity index (χ0v) is 14.2. The molecule has 0 fully saturated rings. The Morgan fingerprint density at radius 1 is 1.14 bits per heavy atom. The molecule has 0 atom stereocenters. The third-order valence-electron chi connectivity index (χ3n) is 3.31. The van der Waals surface area contributed by atoms with Crippen molar-refractivity contribution in [3.63, 3.8) is 0 Å². The topological polar surface area (TPSA) is 26.3 Å². The zero-order chi connectivity index (χ0) is 15.9. The van der Waals surface area contributed by atoms with Crippen molar-refractivity contribution in [2.45, 2.75) is 30.9 Å². The molecule has 0 amide bonds. The monoisotopic (exact) mass is 314 g/mol. The van der Waals surface area contributed by atoms with Gasteiger partial charge in [-0.1, -0.05) is 38.1 Å². The first-order chi connectivity index (χ1) is 10.6. The van der Waals surface area contributed by atoms with E-state index in [1.165, 1.54) is 10.5 Å². The highest BCUT2D eigenvalue weighted by atomic mass is 32.2. The normalized spacial score (nSPS) is 10.7. The van der Waals surface area contributed by atoms with Crippen molar-refractivity contribution < 1.29 is 9.53 Å². The maximum atomic E-state index is 12.0. The number of methoxy groups -OCH3 is 1. The van der Waals surface area contributed by atoms with E-state index in [1.54, 1.807) is 18.9 Å². The van der Waals surface area contributed by atoms with Crippen LogP contribution in [0.5, 0.6) is 5.75 Å². The van der Waals surface area contributed by atoms with Crippen LogP contribution in [0.4, 0.5) is 0 Å². The SMILES string of the molecule is COc1cccc(CSc2ccc(C(=O)CC(C)C)cc2)c1. The molecule has 2 nitrogen and oxygen atoms in total. The number of rotatable bonds is 7. The van der Waals surface area contributed by atoms with E-state index in [0.29, 0.717) is 12.3 Å². The number of thioether (sulfide) groups is 1. The van der Waals surface area contributed by atoms with Crippen molar-refractivity contribution in [2.75, 3.05) is 7.11 Å². The fourth-order valence-electron chi connectivity index (χ4n) is 2.15. The van der Waals surface area contributed by atoms with E-state index in [0.717, 1.165) is 17.1 Å². The first-order valence-electron chi connectivity index (χ1n) is 7.47. The lowest BCUT2D eigenvalue weighted by Gasteiger charge is -2.07. The van der Waals surface area contributed by atoms with E-state index in [2.05, 4.69) is 19.9 Å². The fraction of sp³-hybridized carbons (Fsp3) is 0.316. The van der Waals surface area contributed by atoms with Gasteiger partial charge in [0.1, 0.15) is 5.75 Å². The van der Waals surface area contributed by atoms with Gasteiger partial charge in [0.2, 0.25) is 0 Å². The van der Waals surface area contributed by atoms with Crippen LogP contribution in [-0.4, -0.2) is 12.9 Å². The lowest BCUT2D eigenvalue weighted by Crippen LogP contribution is -2.03. The molecule has 2 aromatic rings. The first-order valence-corrected chi connectivity index (χ1v) is 8.46. The van der Waals surface area contributed by atoms with Crippen LogP contribution in [0.25, 0.3) is 0 Å². The van der Waals surface area contributed by atoms with Gasteiger partial charge < -0.3 is 4.74 Å². The van der Waals surface area contributed by atoms with Gasteiger partial charge in [-0.15, -0.1) is 11.8 Å². The van der Waals surface area contributed by atoms with Crippen LogP contribution >= 0.6 is 11.8 Å². The van der Waals surface area contributed by atoms with Gasteiger partial charge in [-0.2, -0.15) is 0 Å². The van der Waals surface area contributed by atoms with E-state index in [1.807, 2.05) is 42.5 Å². The fourth-order valence-corrected chi connectivity index (χ4v) is 3.00. The minimum atomic E-state index is 0.222. The quantitative estimate of drug-likeness (QED) is 0.518. The van der Waals surface area contributed by atoms with Crippen LogP contribution in [0.15, 0.2) is 53.4 Å². The number of benzene rings is 2. The molecule has 0 unspecified atom stereocenters. The second-order valence-electron chi connectivity index (χ2n) is 5.69. The van der Waals surface area contributed by atoms with E-state index in [-0.39, 0.29) is 5.78 Å². The Morgan fingerprint density at radius 3 is 2.50 bits per heavy atom. The molecule has 0 saturated heterocycles. The second kappa shape index (κ2) is 8.04. The molecule has 0 N–H and O–H groups in total. The maximum absolute atomic E-state index is 12.0. The van der Waals surface area contributed by atoms with Crippen LogP contribution in [0, 0.1) is 5.92 Å². The Balaban J connectivity index is 1.95. The van der Waals surface area contributed by atoms with E-state index >= 15 is 0 Å². The van der Waals surface area contributed by atoms with Gasteiger partial charge in [-0.25, -0.2) is 0 Å². The van der Waals surface area contributed by atoms with Crippen molar-refractivity contribution >= 4 is 17.5 Å². The highest BCUT2D eigenvalue weighted by Crippen LogP contribution is 2.25. The summed E-state index contributed by atoms with van der Waals surface area (Å²) in [5, 5.41) is 0. The number of hydrogen-bond acceptors (Lipinski definition) is 3. The molecule has 0 bridgehead atoms. The lowest BCUT2D eigenvalue weighted by atomic mass is 10.0. The van der Waals surface area contributed by atoms with Gasteiger partial charge in [0.05, 0.1) is 7.11 Å². The van der Waals surface area contributed by atoms with Crippen LogP contribution in [-0.2, 0) is 5.75 Å². The highest BCUT2D eigenvalue weighted by molar-refractivity contribution is 7.98. The molecule has 2 rings (SSSR count). The average molecular weight is 314 g/mol. The number of ketones is 1.